The minimum Gasteiger partial charge on any atom is -0.350 e. The number of hydrogen-bond acceptors (Lipinski definition) is 4. The van der Waals surface area contributed by atoms with Crippen LogP contribution in [0.4, 0.5) is 0 Å². The molecule has 2 heterocycles. The summed E-state index contributed by atoms with van der Waals surface area (Å²) >= 11 is 5.34. The zero-order chi connectivity index (χ0) is 20.9. The van der Waals surface area contributed by atoms with Crippen LogP contribution < -0.4 is 5.32 Å². The van der Waals surface area contributed by atoms with E-state index in [0.717, 1.165) is 22.3 Å². The number of aromatic amines is 1. The van der Waals surface area contributed by atoms with Crippen molar-refractivity contribution in [3.63, 3.8) is 0 Å². The Morgan fingerprint density at radius 3 is 2.77 bits per heavy atom. The van der Waals surface area contributed by atoms with Crippen LogP contribution in [0, 0.1) is 11.7 Å². The quantitative estimate of drug-likeness (QED) is 0.450. The molecule has 0 aliphatic carbocycles. The highest BCUT2D eigenvalue weighted by molar-refractivity contribution is 7.71. The molecular formula is C22H22N6OS. The highest BCUT2D eigenvalue weighted by atomic mass is 32.1. The molecule has 0 saturated carbocycles. The summed E-state index contributed by atoms with van der Waals surface area (Å²) in [5.74, 6) is 0.526. The molecule has 0 radical (unpaired) electrons. The van der Waals surface area contributed by atoms with Gasteiger partial charge in [0.2, 0.25) is 5.91 Å². The lowest BCUT2D eigenvalue weighted by Crippen LogP contribution is -2.28. The standard InChI is InChI=1S/C22H22N6OS/c1-16-5-4-8-17(11-16)21-25-26-22(30)28(21)14-20(29)24-12-18-6-2-3-7-19(18)13-27-10-9-23-15-27/h2-11,15H,12-14H2,1H3,(H,24,29)(H,26,30). The van der Waals surface area contributed by atoms with Crippen LogP contribution >= 0.6 is 12.2 Å². The van der Waals surface area contributed by atoms with Crippen LogP contribution in [0.5, 0.6) is 0 Å². The normalized spacial score (nSPS) is 10.8. The lowest BCUT2D eigenvalue weighted by Gasteiger charge is -2.12. The fourth-order valence-corrected chi connectivity index (χ4v) is 3.52. The van der Waals surface area contributed by atoms with Crippen molar-refractivity contribution in [3.8, 4) is 11.4 Å². The van der Waals surface area contributed by atoms with Crippen molar-refractivity contribution in [2.45, 2.75) is 26.6 Å². The Morgan fingerprint density at radius 2 is 2.00 bits per heavy atom. The minimum absolute atomic E-state index is 0.0995. The number of aromatic nitrogens is 5. The van der Waals surface area contributed by atoms with Gasteiger partial charge < -0.3 is 9.88 Å². The second-order valence-electron chi connectivity index (χ2n) is 7.09. The number of nitrogens with zero attached hydrogens (tertiary/aromatic N) is 4. The van der Waals surface area contributed by atoms with Gasteiger partial charge in [0, 0.05) is 31.0 Å². The van der Waals surface area contributed by atoms with E-state index < -0.39 is 0 Å². The van der Waals surface area contributed by atoms with Crippen LogP contribution in [0.15, 0.2) is 67.3 Å². The van der Waals surface area contributed by atoms with Crippen molar-refractivity contribution >= 4 is 18.1 Å². The van der Waals surface area contributed by atoms with Gasteiger partial charge in [0.15, 0.2) is 10.6 Å². The molecule has 4 aromatic rings. The van der Waals surface area contributed by atoms with Crippen LogP contribution in [0.3, 0.4) is 0 Å². The third-order valence-corrected chi connectivity index (χ3v) is 5.15. The lowest BCUT2D eigenvalue weighted by molar-refractivity contribution is -0.121. The van der Waals surface area contributed by atoms with Crippen molar-refractivity contribution in [2.75, 3.05) is 0 Å². The van der Waals surface area contributed by atoms with Crippen molar-refractivity contribution in [2.24, 2.45) is 0 Å². The number of hydrogen-bond donors (Lipinski definition) is 2. The molecule has 0 aliphatic rings. The Morgan fingerprint density at radius 1 is 1.17 bits per heavy atom. The summed E-state index contributed by atoms with van der Waals surface area (Å²) in [4.78, 5) is 16.8. The monoisotopic (exact) mass is 418 g/mol. The number of carbonyl (C=O) groups is 1. The van der Waals surface area contributed by atoms with E-state index in [1.54, 1.807) is 17.1 Å². The van der Waals surface area contributed by atoms with Crippen LogP contribution in [0.2, 0.25) is 0 Å². The van der Waals surface area contributed by atoms with E-state index in [4.69, 9.17) is 12.2 Å². The molecule has 152 valence electrons. The lowest BCUT2D eigenvalue weighted by atomic mass is 10.1. The van der Waals surface area contributed by atoms with Gasteiger partial charge >= 0.3 is 0 Å². The number of H-pyrrole nitrogens is 1. The number of benzene rings is 2. The molecule has 0 bridgehead atoms. The fraction of sp³-hybridized carbons (Fsp3) is 0.182. The highest BCUT2D eigenvalue weighted by Crippen LogP contribution is 2.18. The summed E-state index contributed by atoms with van der Waals surface area (Å²) in [7, 11) is 0. The summed E-state index contributed by atoms with van der Waals surface area (Å²) < 4.78 is 4.14. The molecule has 4 rings (SSSR count). The molecule has 0 atom stereocenters. The molecule has 2 aromatic carbocycles. The van der Waals surface area contributed by atoms with Gasteiger partial charge in [0.1, 0.15) is 6.54 Å². The zero-order valence-electron chi connectivity index (χ0n) is 16.6. The average molecular weight is 419 g/mol. The molecular weight excluding hydrogens is 396 g/mol. The molecule has 2 N–H and O–H groups in total. The SMILES string of the molecule is Cc1cccc(-c2n[nH]c(=S)n2CC(=O)NCc2ccccc2Cn2ccnc2)c1. The first-order valence-electron chi connectivity index (χ1n) is 9.61. The van der Waals surface area contributed by atoms with Gasteiger partial charge in [-0.25, -0.2) is 4.98 Å². The number of nitrogens with one attached hydrogen (secondary N) is 2. The van der Waals surface area contributed by atoms with Gasteiger partial charge in [0.05, 0.1) is 6.33 Å². The first-order valence-corrected chi connectivity index (χ1v) is 10.0. The van der Waals surface area contributed by atoms with E-state index in [-0.39, 0.29) is 12.5 Å². The maximum Gasteiger partial charge on any atom is 0.240 e. The van der Waals surface area contributed by atoms with Crippen molar-refractivity contribution in [1.29, 1.82) is 0 Å². The van der Waals surface area contributed by atoms with Gasteiger partial charge in [-0.05, 0) is 36.3 Å². The van der Waals surface area contributed by atoms with E-state index in [0.29, 0.717) is 23.7 Å². The number of aryl methyl sites for hydroxylation is 1. The van der Waals surface area contributed by atoms with E-state index >= 15 is 0 Å². The first-order chi connectivity index (χ1) is 14.6. The Hall–Kier alpha value is -3.52. The molecule has 1 amide bonds. The number of rotatable bonds is 7. The Bertz CT molecular complexity index is 1210. The molecule has 0 saturated heterocycles. The average Bonchev–Trinajstić information content (AvgIpc) is 3.38. The maximum absolute atomic E-state index is 12.7. The van der Waals surface area contributed by atoms with Crippen molar-refractivity contribution in [3.05, 3.63) is 88.7 Å². The molecule has 0 aliphatic heterocycles. The summed E-state index contributed by atoms with van der Waals surface area (Å²) in [6.07, 6.45) is 5.45. The van der Waals surface area contributed by atoms with E-state index in [1.807, 2.05) is 60.2 Å². The summed E-state index contributed by atoms with van der Waals surface area (Å²) in [5.41, 5.74) is 4.23. The molecule has 0 fully saturated rings. The molecule has 0 unspecified atom stereocenters. The first kappa shape index (κ1) is 19.8. The topological polar surface area (TPSA) is 80.5 Å². The summed E-state index contributed by atoms with van der Waals surface area (Å²) in [5, 5.41) is 10.1. The Kier molecular flexibility index (Phi) is 5.85. The predicted octanol–water partition coefficient (Wildman–Crippen LogP) is 3.48. The smallest absolute Gasteiger partial charge is 0.240 e. The maximum atomic E-state index is 12.7. The second-order valence-corrected chi connectivity index (χ2v) is 7.48. The number of imidazole rings is 1. The third-order valence-electron chi connectivity index (χ3n) is 4.84. The third kappa shape index (κ3) is 4.55. The predicted molar refractivity (Wildman–Crippen MR) is 117 cm³/mol. The molecule has 2 aromatic heterocycles. The Balaban J connectivity index is 1.46. The van der Waals surface area contributed by atoms with E-state index in [1.165, 1.54) is 0 Å². The van der Waals surface area contributed by atoms with Crippen LogP contribution in [0.1, 0.15) is 16.7 Å². The molecule has 0 spiro atoms. The summed E-state index contributed by atoms with van der Waals surface area (Å²) in [6, 6.07) is 16.0. The Labute approximate surface area is 179 Å². The van der Waals surface area contributed by atoms with Gasteiger partial charge in [0.25, 0.3) is 0 Å². The van der Waals surface area contributed by atoms with Gasteiger partial charge in [-0.3, -0.25) is 14.5 Å². The summed E-state index contributed by atoms with van der Waals surface area (Å²) in [6.45, 7) is 3.26. The van der Waals surface area contributed by atoms with Crippen molar-refractivity contribution < 1.29 is 4.79 Å². The minimum atomic E-state index is -0.126. The van der Waals surface area contributed by atoms with Gasteiger partial charge in [-0.2, -0.15) is 5.10 Å². The molecule has 30 heavy (non-hydrogen) atoms. The molecule has 8 heteroatoms. The molecule has 7 nitrogen and oxygen atoms in total. The number of amides is 1. The van der Waals surface area contributed by atoms with E-state index in [2.05, 4.69) is 26.6 Å². The zero-order valence-corrected chi connectivity index (χ0v) is 17.4. The second kappa shape index (κ2) is 8.87. The number of carbonyl (C=O) groups excluding carboxylic acids is 1. The fourth-order valence-electron chi connectivity index (χ4n) is 3.32. The highest BCUT2D eigenvalue weighted by Gasteiger charge is 2.13. The van der Waals surface area contributed by atoms with Crippen LogP contribution in [-0.4, -0.2) is 30.2 Å². The van der Waals surface area contributed by atoms with Crippen molar-refractivity contribution in [1.82, 2.24) is 29.6 Å². The largest absolute Gasteiger partial charge is 0.350 e. The van der Waals surface area contributed by atoms with Crippen LogP contribution in [-0.2, 0) is 24.4 Å². The van der Waals surface area contributed by atoms with E-state index in [9.17, 15) is 4.79 Å². The van der Waals surface area contributed by atoms with Gasteiger partial charge in [-0.15, -0.1) is 0 Å². The van der Waals surface area contributed by atoms with Gasteiger partial charge in [-0.1, -0.05) is 48.0 Å². The van der Waals surface area contributed by atoms with Crippen LogP contribution in [0.25, 0.3) is 11.4 Å².